The maximum Gasteiger partial charge on any atom is 0.239 e. The summed E-state index contributed by atoms with van der Waals surface area (Å²) < 4.78 is 0. The first kappa shape index (κ1) is 15.1. The van der Waals surface area contributed by atoms with Gasteiger partial charge in [-0.3, -0.25) is 9.59 Å². The van der Waals surface area contributed by atoms with Crippen LogP contribution in [0, 0.1) is 0 Å². The van der Waals surface area contributed by atoms with E-state index >= 15 is 0 Å². The van der Waals surface area contributed by atoms with Gasteiger partial charge in [-0.25, -0.2) is 0 Å². The van der Waals surface area contributed by atoms with Crippen LogP contribution in [-0.4, -0.2) is 42.3 Å². The number of aryl methyl sites for hydroxylation is 1. The van der Waals surface area contributed by atoms with Crippen molar-refractivity contribution in [3.05, 3.63) is 36.0 Å². The van der Waals surface area contributed by atoms with Crippen LogP contribution in [0.15, 0.2) is 30.5 Å². The molecule has 0 aliphatic heterocycles. The number of likely N-dealkylation sites (N-methyl/N-ethyl adjacent to an activating group) is 2. The van der Waals surface area contributed by atoms with E-state index in [-0.39, 0.29) is 18.4 Å². The number of para-hydroxylation sites is 1. The highest BCUT2D eigenvalue weighted by molar-refractivity contribution is 5.85. The summed E-state index contributed by atoms with van der Waals surface area (Å²) in [5, 5.41) is 3.72. The Morgan fingerprint density at radius 2 is 2.05 bits per heavy atom. The first-order chi connectivity index (χ1) is 10.1. The van der Waals surface area contributed by atoms with E-state index in [0.29, 0.717) is 6.42 Å². The second-order valence-electron chi connectivity index (χ2n) is 5.14. The highest BCUT2D eigenvalue weighted by Crippen LogP contribution is 2.19. The Balaban J connectivity index is 1.84. The molecule has 0 saturated carbocycles. The molecule has 0 radical (unpaired) electrons. The number of carbonyl (C=O) groups excluding carboxylic acids is 2. The molecule has 1 aromatic carbocycles. The van der Waals surface area contributed by atoms with Gasteiger partial charge in [-0.05, 0) is 24.5 Å². The predicted octanol–water partition coefficient (Wildman–Crippen LogP) is 1.69. The second-order valence-corrected chi connectivity index (χ2v) is 5.14. The second kappa shape index (κ2) is 6.92. The molecule has 5 nitrogen and oxygen atoms in total. The van der Waals surface area contributed by atoms with Gasteiger partial charge in [-0.1, -0.05) is 18.2 Å². The van der Waals surface area contributed by atoms with Gasteiger partial charge in [-0.15, -0.1) is 0 Å². The zero-order chi connectivity index (χ0) is 15.2. The van der Waals surface area contributed by atoms with Gasteiger partial charge >= 0.3 is 0 Å². The predicted molar refractivity (Wildman–Crippen MR) is 82.9 cm³/mol. The maximum atomic E-state index is 11.9. The lowest BCUT2D eigenvalue weighted by Crippen LogP contribution is -2.36. The molecule has 1 heterocycles. The summed E-state index contributed by atoms with van der Waals surface area (Å²) in [5.74, 6) is -0.152. The number of hydrogen-bond acceptors (Lipinski definition) is 2. The first-order valence-electron chi connectivity index (χ1n) is 7.11. The van der Waals surface area contributed by atoms with Crippen LogP contribution in [0.4, 0.5) is 0 Å². The number of aromatic nitrogens is 1. The number of fused-ring (bicyclic) bond motifs is 1. The fourth-order valence-electron chi connectivity index (χ4n) is 2.34. The number of carbonyl (C=O) groups is 2. The number of hydrogen-bond donors (Lipinski definition) is 2. The lowest BCUT2D eigenvalue weighted by atomic mass is 10.1. The lowest BCUT2D eigenvalue weighted by molar-refractivity contribution is -0.134. The Labute approximate surface area is 124 Å². The third-order valence-corrected chi connectivity index (χ3v) is 3.60. The number of nitrogens with zero attached hydrogens (tertiary/aromatic N) is 1. The van der Waals surface area contributed by atoms with Crippen LogP contribution in [0.2, 0.25) is 0 Å². The summed E-state index contributed by atoms with van der Waals surface area (Å²) in [5.41, 5.74) is 2.35. The van der Waals surface area contributed by atoms with Crippen molar-refractivity contribution >= 4 is 22.7 Å². The van der Waals surface area contributed by atoms with Crippen molar-refractivity contribution in [1.82, 2.24) is 15.2 Å². The molecule has 0 aliphatic carbocycles. The van der Waals surface area contributed by atoms with Crippen molar-refractivity contribution in [3.63, 3.8) is 0 Å². The molecule has 0 atom stereocenters. The van der Waals surface area contributed by atoms with E-state index in [2.05, 4.69) is 16.4 Å². The van der Waals surface area contributed by atoms with Crippen LogP contribution in [0.3, 0.4) is 0 Å². The SMILES string of the molecule is CNC(=O)CN(C)C(=O)CCCc1c[nH]c2ccccc12. The minimum absolute atomic E-state index is 0.00144. The van der Waals surface area contributed by atoms with Gasteiger partial charge in [0, 0.05) is 37.6 Å². The van der Waals surface area contributed by atoms with Crippen molar-refractivity contribution in [2.45, 2.75) is 19.3 Å². The largest absolute Gasteiger partial charge is 0.361 e. The summed E-state index contributed by atoms with van der Waals surface area (Å²) in [7, 11) is 3.22. The normalized spacial score (nSPS) is 10.6. The quantitative estimate of drug-likeness (QED) is 0.849. The molecule has 21 heavy (non-hydrogen) atoms. The molecule has 0 saturated heterocycles. The van der Waals surface area contributed by atoms with Gasteiger partial charge in [0.05, 0.1) is 6.54 Å². The average Bonchev–Trinajstić information content (AvgIpc) is 2.90. The van der Waals surface area contributed by atoms with Crippen LogP contribution < -0.4 is 5.32 Å². The van der Waals surface area contributed by atoms with Crippen molar-refractivity contribution in [2.75, 3.05) is 20.6 Å². The lowest BCUT2D eigenvalue weighted by Gasteiger charge is -2.15. The molecule has 0 unspecified atom stereocenters. The molecule has 0 fully saturated rings. The fourth-order valence-corrected chi connectivity index (χ4v) is 2.34. The molecule has 0 bridgehead atoms. The number of aromatic amines is 1. The third-order valence-electron chi connectivity index (χ3n) is 3.60. The van der Waals surface area contributed by atoms with Crippen LogP contribution in [0.1, 0.15) is 18.4 Å². The number of H-pyrrole nitrogens is 1. The molecule has 2 rings (SSSR count). The van der Waals surface area contributed by atoms with Crippen LogP contribution >= 0.6 is 0 Å². The maximum absolute atomic E-state index is 11.9. The Hall–Kier alpha value is -2.30. The zero-order valence-electron chi connectivity index (χ0n) is 12.5. The summed E-state index contributed by atoms with van der Waals surface area (Å²) in [6.45, 7) is 0.114. The number of amides is 2. The smallest absolute Gasteiger partial charge is 0.239 e. The van der Waals surface area contributed by atoms with Crippen LogP contribution in [0.25, 0.3) is 10.9 Å². The van der Waals surface area contributed by atoms with Gasteiger partial charge in [0.2, 0.25) is 11.8 Å². The summed E-state index contributed by atoms with van der Waals surface area (Å²) in [4.78, 5) is 27.8. The Morgan fingerprint density at radius 1 is 1.29 bits per heavy atom. The van der Waals surface area contributed by atoms with Crippen LogP contribution in [0.5, 0.6) is 0 Å². The molecule has 2 N–H and O–H groups in total. The Bertz CT molecular complexity index is 633. The van der Waals surface area contributed by atoms with E-state index in [1.165, 1.54) is 15.8 Å². The highest BCUT2D eigenvalue weighted by Gasteiger charge is 2.12. The van der Waals surface area contributed by atoms with Gasteiger partial charge in [0.15, 0.2) is 0 Å². The Kier molecular flexibility index (Phi) is 4.98. The molecule has 5 heteroatoms. The van der Waals surface area contributed by atoms with E-state index in [9.17, 15) is 9.59 Å². The van der Waals surface area contributed by atoms with E-state index in [0.717, 1.165) is 18.4 Å². The van der Waals surface area contributed by atoms with E-state index in [4.69, 9.17) is 0 Å². The van der Waals surface area contributed by atoms with E-state index in [1.807, 2.05) is 24.4 Å². The average molecular weight is 287 g/mol. The van der Waals surface area contributed by atoms with Gasteiger partial charge in [0.1, 0.15) is 0 Å². The number of rotatable bonds is 6. The third kappa shape index (κ3) is 3.84. The molecule has 0 aliphatic rings. The van der Waals surface area contributed by atoms with Gasteiger partial charge < -0.3 is 15.2 Å². The van der Waals surface area contributed by atoms with Crippen LogP contribution in [-0.2, 0) is 16.0 Å². The summed E-state index contributed by atoms with van der Waals surface area (Å²) in [6.07, 6.45) is 4.08. The molecule has 2 aromatic rings. The minimum atomic E-state index is -0.150. The number of nitrogens with one attached hydrogen (secondary N) is 2. The molecule has 112 valence electrons. The van der Waals surface area contributed by atoms with Crippen molar-refractivity contribution in [1.29, 1.82) is 0 Å². The fraction of sp³-hybridized carbons (Fsp3) is 0.375. The first-order valence-corrected chi connectivity index (χ1v) is 7.11. The molecular weight excluding hydrogens is 266 g/mol. The Morgan fingerprint density at radius 3 is 2.81 bits per heavy atom. The molecular formula is C16H21N3O2. The summed E-state index contributed by atoms with van der Waals surface area (Å²) in [6, 6.07) is 8.14. The topological polar surface area (TPSA) is 65.2 Å². The van der Waals surface area contributed by atoms with Crippen molar-refractivity contribution < 1.29 is 9.59 Å². The molecule has 1 aromatic heterocycles. The van der Waals surface area contributed by atoms with Gasteiger partial charge in [0.25, 0.3) is 0 Å². The molecule has 2 amide bonds. The summed E-state index contributed by atoms with van der Waals surface area (Å²) >= 11 is 0. The van der Waals surface area contributed by atoms with E-state index in [1.54, 1.807) is 14.1 Å². The highest BCUT2D eigenvalue weighted by atomic mass is 16.2. The van der Waals surface area contributed by atoms with Gasteiger partial charge in [-0.2, -0.15) is 0 Å². The van der Waals surface area contributed by atoms with Crippen molar-refractivity contribution in [2.24, 2.45) is 0 Å². The van der Waals surface area contributed by atoms with Crippen molar-refractivity contribution in [3.8, 4) is 0 Å². The standard InChI is InChI=1S/C16H21N3O2/c1-17-15(20)11-19(2)16(21)9-5-6-12-10-18-14-8-4-3-7-13(12)14/h3-4,7-8,10,18H,5-6,9,11H2,1-2H3,(H,17,20). The zero-order valence-corrected chi connectivity index (χ0v) is 12.5. The molecule has 0 spiro atoms. The van der Waals surface area contributed by atoms with E-state index < -0.39 is 0 Å². The monoisotopic (exact) mass is 287 g/mol. The number of benzene rings is 1. The minimum Gasteiger partial charge on any atom is -0.361 e.